The highest BCUT2D eigenvalue weighted by Crippen LogP contribution is 2.33. The molecule has 3 rings (SSSR count). The molecular weight excluding hydrogens is 506 g/mol. The smallest absolute Gasteiger partial charge is 0.408 e. The highest BCUT2D eigenvalue weighted by atomic mass is 16.6. The summed E-state index contributed by atoms with van der Waals surface area (Å²) in [6, 6.07) is 17.6. The highest BCUT2D eigenvalue weighted by Gasteiger charge is 2.42. The fourth-order valence-electron chi connectivity index (χ4n) is 4.53. The molecule has 40 heavy (non-hydrogen) atoms. The van der Waals surface area contributed by atoms with Gasteiger partial charge in [-0.25, -0.2) is 4.79 Å². The van der Waals surface area contributed by atoms with Gasteiger partial charge in [0.05, 0.1) is 0 Å². The van der Waals surface area contributed by atoms with Gasteiger partial charge in [-0.05, 0) is 88.1 Å². The molecule has 2 atom stereocenters. The van der Waals surface area contributed by atoms with Crippen LogP contribution >= 0.6 is 0 Å². The van der Waals surface area contributed by atoms with E-state index >= 15 is 0 Å². The quantitative estimate of drug-likeness (QED) is 0.317. The van der Waals surface area contributed by atoms with Gasteiger partial charge in [0.25, 0.3) is 5.91 Å². The lowest BCUT2D eigenvalue weighted by molar-refractivity contribution is -0.147. The van der Waals surface area contributed by atoms with Crippen LogP contribution in [0.1, 0.15) is 67.0 Å². The summed E-state index contributed by atoms with van der Waals surface area (Å²) in [5.41, 5.74) is -0.595. The van der Waals surface area contributed by atoms with Gasteiger partial charge in [0.1, 0.15) is 23.4 Å². The molecule has 8 heteroatoms. The summed E-state index contributed by atoms with van der Waals surface area (Å²) < 4.78 is 5.42. The van der Waals surface area contributed by atoms with Gasteiger partial charge in [-0.15, -0.1) is 0 Å². The van der Waals surface area contributed by atoms with E-state index in [2.05, 4.69) is 10.6 Å². The van der Waals surface area contributed by atoms with Crippen molar-refractivity contribution in [3.8, 4) is 5.75 Å². The second-order valence-electron chi connectivity index (χ2n) is 12.3. The summed E-state index contributed by atoms with van der Waals surface area (Å²) >= 11 is 0. The number of carbonyl (C=O) groups excluding carboxylic acids is 3. The number of hydrogen-bond donors (Lipinski definition) is 3. The zero-order valence-electron chi connectivity index (χ0n) is 24.6. The van der Waals surface area contributed by atoms with Crippen molar-refractivity contribution in [3.05, 3.63) is 72.3 Å². The number of nitrogens with zero attached hydrogens (tertiary/aromatic N) is 1. The summed E-state index contributed by atoms with van der Waals surface area (Å²) in [7, 11) is 0. The number of anilines is 1. The van der Waals surface area contributed by atoms with Crippen molar-refractivity contribution in [3.63, 3.8) is 0 Å². The van der Waals surface area contributed by atoms with Gasteiger partial charge in [-0.2, -0.15) is 0 Å². The molecule has 3 N–H and O–H groups in total. The van der Waals surface area contributed by atoms with Crippen molar-refractivity contribution < 1.29 is 24.2 Å². The molecule has 3 aromatic carbocycles. The van der Waals surface area contributed by atoms with E-state index in [1.807, 2.05) is 77.1 Å². The minimum atomic E-state index is -1.12. The largest absolute Gasteiger partial charge is 0.508 e. The van der Waals surface area contributed by atoms with Gasteiger partial charge in [0, 0.05) is 11.2 Å². The third-order valence-corrected chi connectivity index (χ3v) is 6.27. The standard InChI is InChI=1S/C32H41N3O5/c1-20(2)26(34-30(39)40-32(6,7)8)29(38)35(31(3,4)5)27(23-14-11-15-25(36)19-23)28(37)33-24-17-16-21-12-9-10-13-22(21)18-24/h9-20,26-27,36H,1-8H3,(H,33,37)(H,34,39). The third kappa shape index (κ3) is 7.74. The molecule has 0 saturated heterocycles. The molecule has 0 spiro atoms. The predicted octanol–water partition coefficient (Wildman–Crippen LogP) is 6.40. The number of benzene rings is 3. The van der Waals surface area contributed by atoms with Crippen molar-refractivity contribution in [2.45, 2.75) is 78.6 Å². The lowest BCUT2D eigenvalue weighted by Crippen LogP contribution is -2.59. The number of carbonyl (C=O) groups is 3. The van der Waals surface area contributed by atoms with Crippen LogP contribution in [0, 0.1) is 5.92 Å². The number of amides is 3. The number of phenolic OH excluding ortho intramolecular Hbond substituents is 1. The number of ether oxygens (including phenoxy) is 1. The number of rotatable bonds is 7. The summed E-state index contributed by atoms with van der Waals surface area (Å²) in [6.45, 7) is 14.4. The molecule has 0 radical (unpaired) electrons. The zero-order chi connectivity index (χ0) is 29.8. The van der Waals surface area contributed by atoms with Gasteiger partial charge in [0.2, 0.25) is 5.91 Å². The Labute approximate surface area is 236 Å². The molecule has 0 fully saturated rings. The Kier molecular flexibility index (Phi) is 9.13. The average molecular weight is 548 g/mol. The maximum atomic E-state index is 14.3. The lowest BCUT2D eigenvalue weighted by Gasteiger charge is -2.43. The third-order valence-electron chi connectivity index (χ3n) is 6.27. The second kappa shape index (κ2) is 12.0. The van der Waals surface area contributed by atoms with Crippen LogP contribution in [0.25, 0.3) is 10.8 Å². The molecular formula is C32H41N3O5. The Hall–Kier alpha value is -4.07. The zero-order valence-corrected chi connectivity index (χ0v) is 24.6. The van der Waals surface area contributed by atoms with Gasteiger partial charge in [-0.1, -0.05) is 56.3 Å². The first kappa shape index (κ1) is 30.5. The first-order chi connectivity index (χ1) is 18.6. The number of aromatic hydroxyl groups is 1. The molecule has 0 aromatic heterocycles. The molecule has 214 valence electrons. The Balaban J connectivity index is 2.06. The van der Waals surface area contributed by atoms with Crippen LogP contribution in [0.3, 0.4) is 0 Å². The number of fused-ring (bicyclic) bond motifs is 1. The van der Waals surface area contributed by atoms with Crippen LogP contribution < -0.4 is 10.6 Å². The van der Waals surface area contributed by atoms with Crippen molar-refractivity contribution >= 4 is 34.4 Å². The fraction of sp³-hybridized carbons (Fsp3) is 0.406. The second-order valence-corrected chi connectivity index (χ2v) is 12.3. The minimum Gasteiger partial charge on any atom is -0.508 e. The Morgan fingerprint density at radius 1 is 0.850 bits per heavy atom. The maximum absolute atomic E-state index is 14.3. The first-order valence-electron chi connectivity index (χ1n) is 13.5. The topological polar surface area (TPSA) is 108 Å². The molecule has 2 unspecified atom stereocenters. The van der Waals surface area contributed by atoms with E-state index in [0.29, 0.717) is 11.3 Å². The van der Waals surface area contributed by atoms with Crippen LogP contribution in [-0.2, 0) is 14.3 Å². The van der Waals surface area contributed by atoms with E-state index in [1.165, 1.54) is 17.0 Å². The Bertz CT molecular complexity index is 1370. The normalized spacial score (nSPS) is 13.4. The molecule has 0 aliphatic rings. The summed E-state index contributed by atoms with van der Waals surface area (Å²) in [5, 5.41) is 18.0. The van der Waals surface area contributed by atoms with Gasteiger partial charge in [-0.3, -0.25) is 9.59 Å². The molecule has 0 bridgehead atoms. The Morgan fingerprint density at radius 2 is 1.50 bits per heavy atom. The fourth-order valence-corrected chi connectivity index (χ4v) is 4.53. The molecule has 0 aliphatic carbocycles. The van der Waals surface area contributed by atoms with Crippen molar-refractivity contribution in [2.75, 3.05) is 5.32 Å². The van der Waals surface area contributed by atoms with Crippen LogP contribution in [0.5, 0.6) is 5.75 Å². The SMILES string of the molecule is CC(C)C(NC(=O)OC(C)(C)C)C(=O)N(C(C(=O)Nc1ccc2ccccc2c1)c1cccc(O)c1)C(C)(C)C. The van der Waals surface area contributed by atoms with E-state index in [-0.39, 0.29) is 11.7 Å². The van der Waals surface area contributed by atoms with E-state index in [9.17, 15) is 19.5 Å². The van der Waals surface area contributed by atoms with E-state index in [4.69, 9.17) is 4.74 Å². The summed E-state index contributed by atoms with van der Waals surface area (Å²) in [5.74, 6) is -1.24. The Morgan fingerprint density at radius 3 is 2.08 bits per heavy atom. The summed E-state index contributed by atoms with van der Waals surface area (Å²) in [6.07, 6.45) is -0.720. The molecule has 0 heterocycles. The number of hydrogen-bond acceptors (Lipinski definition) is 5. The van der Waals surface area contributed by atoms with Gasteiger partial charge >= 0.3 is 6.09 Å². The van der Waals surface area contributed by atoms with E-state index in [0.717, 1.165) is 10.8 Å². The van der Waals surface area contributed by atoms with Gasteiger partial charge < -0.3 is 25.4 Å². The maximum Gasteiger partial charge on any atom is 0.408 e. The van der Waals surface area contributed by atoms with E-state index in [1.54, 1.807) is 32.9 Å². The molecule has 3 aromatic rings. The summed E-state index contributed by atoms with van der Waals surface area (Å²) in [4.78, 5) is 42.5. The molecule has 0 aliphatic heterocycles. The number of nitrogens with one attached hydrogen (secondary N) is 2. The van der Waals surface area contributed by atoms with Crippen LogP contribution in [0.15, 0.2) is 66.7 Å². The van der Waals surface area contributed by atoms with Crippen LogP contribution in [-0.4, -0.2) is 45.1 Å². The van der Waals surface area contributed by atoms with Crippen LogP contribution in [0.4, 0.5) is 10.5 Å². The van der Waals surface area contributed by atoms with Crippen molar-refractivity contribution in [1.82, 2.24) is 10.2 Å². The number of phenols is 1. The molecule has 0 saturated carbocycles. The van der Waals surface area contributed by atoms with Crippen molar-refractivity contribution in [1.29, 1.82) is 0 Å². The van der Waals surface area contributed by atoms with Gasteiger partial charge in [0.15, 0.2) is 0 Å². The minimum absolute atomic E-state index is 0.0328. The monoisotopic (exact) mass is 547 g/mol. The van der Waals surface area contributed by atoms with E-state index < -0.39 is 41.1 Å². The van der Waals surface area contributed by atoms with Crippen molar-refractivity contribution in [2.24, 2.45) is 5.92 Å². The number of alkyl carbamates (subject to hydrolysis) is 1. The molecule has 8 nitrogen and oxygen atoms in total. The molecule has 3 amide bonds. The highest BCUT2D eigenvalue weighted by molar-refractivity contribution is 6.00. The predicted molar refractivity (Wildman–Crippen MR) is 158 cm³/mol. The lowest BCUT2D eigenvalue weighted by atomic mass is 9.93. The average Bonchev–Trinajstić information content (AvgIpc) is 2.83. The first-order valence-corrected chi connectivity index (χ1v) is 13.5. The van der Waals surface area contributed by atoms with Crippen LogP contribution in [0.2, 0.25) is 0 Å².